The molecule has 1 saturated heterocycles. The second-order valence-electron chi connectivity index (χ2n) is 6.44. The second kappa shape index (κ2) is 9.40. The lowest BCUT2D eigenvalue weighted by Crippen LogP contribution is -2.41. The zero-order chi connectivity index (χ0) is 20.9. The number of carbonyl (C=O) groups is 2. The molecule has 1 N–H and O–H groups in total. The smallest absolute Gasteiger partial charge is 0.405 e. The molecule has 28 heavy (non-hydrogen) atoms. The number of piperidine rings is 1. The fraction of sp³-hybridized carbons (Fsp3) is 0.500. The monoisotopic (exact) mass is 463 g/mol. The van der Waals surface area contributed by atoms with Crippen molar-refractivity contribution in [3.63, 3.8) is 0 Å². The van der Waals surface area contributed by atoms with E-state index in [0.29, 0.717) is 31.6 Å². The largest absolute Gasteiger partial charge is 0.573 e. The molecule has 1 aliphatic heterocycles. The fourth-order valence-electron chi connectivity index (χ4n) is 2.66. The predicted octanol–water partition coefficient (Wildman–Crippen LogP) is 4.99. The number of benzene rings is 1. The standard InChI is InChI=1S/C18H21BrF3N3O3/c1-3-11(2)16(26)25-8-6-12(7-9-25)23-17(27)24-13-4-5-15(14(19)10-13)28-18(20,21)22/h4-5,10-11H,3,6-9H2,1-2H3,(H,24,27)/t11-/m0/s1. The van der Waals surface area contributed by atoms with E-state index >= 15 is 0 Å². The number of nitrogens with one attached hydrogen (secondary N) is 1. The summed E-state index contributed by atoms with van der Waals surface area (Å²) in [6.45, 7) is 4.89. The van der Waals surface area contributed by atoms with Gasteiger partial charge in [-0.2, -0.15) is 0 Å². The molecule has 0 bridgehead atoms. The van der Waals surface area contributed by atoms with Crippen molar-refractivity contribution in [3.8, 4) is 5.75 Å². The summed E-state index contributed by atoms with van der Waals surface area (Å²) in [5.41, 5.74) is 0.960. The normalized spacial score (nSPS) is 15.8. The van der Waals surface area contributed by atoms with E-state index in [1.165, 1.54) is 12.1 Å². The minimum absolute atomic E-state index is 0.0236. The van der Waals surface area contributed by atoms with Crippen LogP contribution in [-0.4, -0.2) is 42.0 Å². The Morgan fingerprint density at radius 2 is 1.96 bits per heavy atom. The molecule has 1 heterocycles. The highest BCUT2D eigenvalue weighted by Crippen LogP contribution is 2.32. The number of alkyl halides is 3. The van der Waals surface area contributed by atoms with Gasteiger partial charge in [-0.05, 0) is 40.5 Å². The van der Waals surface area contributed by atoms with Crippen molar-refractivity contribution in [2.45, 2.75) is 39.5 Å². The van der Waals surface area contributed by atoms with Gasteiger partial charge in [0.1, 0.15) is 5.75 Å². The van der Waals surface area contributed by atoms with Crippen LogP contribution in [0.15, 0.2) is 27.7 Å². The number of hydrogen-bond donors (Lipinski definition) is 1. The van der Waals surface area contributed by atoms with Gasteiger partial charge in [0.25, 0.3) is 0 Å². The van der Waals surface area contributed by atoms with Crippen LogP contribution >= 0.6 is 15.9 Å². The maximum Gasteiger partial charge on any atom is 0.573 e. The lowest BCUT2D eigenvalue weighted by atomic mass is 10.0. The Bertz CT molecular complexity index is 758. The first-order chi connectivity index (χ1) is 13.1. The Balaban J connectivity index is 1.92. The molecule has 154 valence electrons. The van der Waals surface area contributed by atoms with Crippen LogP contribution < -0.4 is 10.1 Å². The van der Waals surface area contributed by atoms with Crippen LogP contribution in [0.1, 0.15) is 33.1 Å². The first kappa shape index (κ1) is 22.2. The maximum absolute atomic E-state index is 12.3. The number of hydrogen-bond acceptors (Lipinski definition) is 3. The third-order valence-corrected chi connectivity index (χ3v) is 4.97. The van der Waals surface area contributed by atoms with Crippen molar-refractivity contribution < 1.29 is 27.5 Å². The van der Waals surface area contributed by atoms with Gasteiger partial charge >= 0.3 is 12.4 Å². The summed E-state index contributed by atoms with van der Waals surface area (Å²) in [6.07, 6.45) is -3.00. The first-order valence-corrected chi connectivity index (χ1v) is 9.60. The molecule has 0 unspecified atom stereocenters. The number of nitrogens with zero attached hydrogens (tertiary/aromatic N) is 2. The molecule has 0 aliphatic carbocycles. The summed E-state index contributed by atoms with van der Waals surface area (Å²) < 4.78 is 40.7. The van der Waals surface area contributed by atoms with Crippen molar-refractivity contribution in [1.82, 2.24) is 4.90 Å². The van der Waals surface area contributed by atoms with Gasteiger partial charge in [0.15, 0.2) is 0 Å². The second-order valence-corrected chi connectivity index (χ2v) is 7.29. The zero-order valence-corrected chi connectivity index (χ0v) is 17.1. The van der Waals surface area contributed by atoms with E-state index < -0.39 is 18.1 Å². The quantitative estimate of drug-likeness (QED) is 0.683. The number of carbonyl (C=O) groups excluding carboxylic acids is 2. The number of aliphatic imine (C=N–C) groups is 1. The van der Waals surface area contributed by atoms with E-state index in [-0.39, 0.29) is 22.0 Å². The Kier molecular flexibility index (Phi) is 7.45. The number of amides is 3. The van der Waals surface area contributed by atoms with Gasteiger partial charge in [-0.25, -0.2) is 9.79 Å². The lowest BCUT2D eigenvalue weighted by molar-refractivity contribution is -0.274. The van der Waals surface area contributed by atoms with Crippen molar-refractivity contribution in [1.29, 1.82) is 0 Å². The Morgan fingerprint density at radius 1 is 1.32 bits per heavy atom. The molecule has 1 aromatic carbocycles. The fourth-order valence-corrected chi connectivity index (χ4v) is 3.12. The molecule has 2 rings (SSSR count). The summed E-state index contributed by atoms with van der Waals surface area (Å²) in [4.78, 5) is 30.0. The molecule has 0 saturated carbocycles. The molecule has 1 atom stereocenters. The maximum atomic E-state index is 12.3. The summed E-state index contributed by atoms with van der Waals surface area (Å²) in [5, 5.41) is 2.51. The van der Waals surface area contributed by atoms with E-state index in [0.717, 1.165) is 12.5 Å². The van der Waals surface area contributed by atoms with Gasteiger partial charge in [0, 0.05) is 43.2 Å². The number of rotatable bonds is 4. The van der Waals surface area contributed by atoms with E-state index in [1.807, 2.05) is 13.8 Å². The van der Waals surface area contributed by atoms with Gasteiger partial charge < -0.3 is 15.0 Å². The first-order valence-electron chi connectivity index (χ1n) is 8.80. The molecule has 10 heteroatoms. The zero-order valence-electron chi connectivity index (χ0n) is 15.5. The van der Waals surface area contributed by atoms with E-state index in [1.54, 1.807) is 4.90 Å². The molecule has 3 amide bonds. The molecule has 1 aromatic rings. The van der Waals surface area contributed by atoms with E-state index in [9.17, 15) is 22.8 Å². The van der Waals surface area contributed by atoms with Gasteiger partial charge in [0.2, 0.25) is 5.91 Å². The topological polar surface area (TPSA) is 71.0 Å². The molecular weight excluding hydrogens is 443 g/mol. The summed E-state index contributed by atoms with van der Waals surface area (Å²) in [6, 6.07) is 3.07. The highest BCUT2D eigenvalue weighted by atomic mass is 79.9. The third-order valence-electron chi connectivity index (χ3n) is 4.35. The number of halogens is 4. The van der Waals surface area contributed by atoms with Gasteiger partial charge in [-0.15, -0.1) is 13.2 Å². The average Bonchev–Trinajstić information content (AvgIpc) is 2.62. The number of ether oxygens (including phenoxy) is 1. The van der Waals surface area contributed by atoms with Gasteiger partial charge in [-0.3, -0.25) is 4.79 Å². The minimum atomic E-state index is -4.80. The number of anilines is 1. The van der Waals surface area contributed by atoms with Crippen LogP contribution in [0, 0.1) is 5.92 Å². The van der Waals surface area contributed by atoms with Crippen LogP contribution in [-0.2, 0) is 4.79 Å². The van der Waals surface area contributed by atoms with Crippen molar-refractivity contribution in [2.75, 3.05) is 18.4 Å². The number of urea groups is 1. The number of likely N-dealkylation sites (tertiary alicyclic amines) is 1. The van der Waals surface area contributed by atoms with E-state index in [2.05, 4.69) is 31.0 Å². The Morgan fingerprint density at radius 3 is 2.50 bits per heavy atom. The molecule has 1 fully saturated rings. The van der Waals surface area contributed by atoms with E-state index in [4.69, 9.17) is 0 Å². The van der Waals surface area contributed by atoms with Crippen LogP contribution in [0.2, 0.25) is 0 Å². The SMILES string of the molecule is CC[C@H](C)C(=O)N1CCC(=NC(=O)Nc2ccc(OC(F)(F)F)c(Br)c2)CC1. The molecule has 6 nitrogen and oxygen atoms in total. The summed E-state index contributed by atoms with van der Waals surface area (Å²) in [7, 11) is 0. The van der Waals surface area contributed by atoms with Crippen LogP contribution in [0.25, 0.3) is 0 Å². The molecule has 0 radical (unpaired) electrons. The van der Waals surface area contributed by atoms with Crippen LogP contribution in [0.4, 0.5) is 23.7 Å². The lowest BCUT2D eigenvalue weighted by Gasteiger charge is -2.29. The summed E-state index contributed by atoms with van der Waals surface area (Å²) >= 11 is 2.98. The Hall–Kier alpha value is -2.10. The van der Waals surface area contributed by atoms with Gasteiger partial charge in [-0.1, -0.05) is 13.8 Å². The van der Waals surface area contributed by atoms with Crippen molar-refractivity contribution >= 4 is 39.3 Å². The average molecular weight is 464 g/mol. The van der Waals surface area contributed by atoms with Crippen LogP contribution in [0.5, 0.6) is 5.75 Å². The summed E-state index contributed by atoms with van der Waals surface area (Å²) in [5.74, 6) is -0.322. The molecule has 0 spiro atoms. The van der Waals surface area contributed by atoms with Crippen molar-refractivity contribution in [2.24, 2.45) is 10.9 Å². The minimum Gasteiger partial charge on any atom is -0.405 e. The third kappa shape index (κ3) is 6.50. The molecule has 1 aliphatic rings. The van der Waals surface area contributed by atoms with Crippen LogP contribution in [0.3, 0.4) is 0 Å². The van der Waals surface area contributed by atoms with Crippen molar-refractivity contribution in [3.05, 3.63) is 22.7 Å². The highest BCUT2D eigenvalue weighted by Gasteiger charge is 2.32. The predicted molar refractivity (Wildman–Crippen MR) is 103 cm³/mol. The Labute approximate surface area is 169 Å². The highest BCUT2D eigenvalue weighted by molar-refractivity contribution is 9.10. The molecular formula is C18H21BrF3N3O3. The van der Waals surface area contributed by atoms with Gasteiger partial charge in [0.05, 0.1) is 4.47 Å². The molecule has 0 aromatic heterocycles.